The van der Waals surface area contributed by atoms with Crippen molar-refractivity contribution in [2.75, 3.05) is 40.0 Å². The third-order valence-corrected chi connectivity index (χ3v) is 5.63. The molecule has 0 radical (unpaired) electrons. The first-order chi connectivity index (χ1) is 12.2. The Morgan fingerprint density at radius 2 is 1.92 bits per heavy atom. The zero-order valence-electron chi connectivity index (χ0n) is 14.7. The average molecular weight is 346 g/mol. The van der Waals surface area contributed by atoms with Crippen molar-refractivity contribution in [3.05, 3.63) is 29.8 Å². The van der Waals surface area contributed by atoms with E-state index in [1.165, 1.54) is 0 Å². The van der Waals surface area contributed by atoms with Crippen LogP contribution < -0.4 is 4.74 Å². The van der Waals surface area contributed by atoms with Crippen LogP contribution in [0.1, 0.15) is 18.4 Å². The maximum atomic E-state index is 12.5. The number of likely N-dealkylation sites (tertiary alicyclic amines) is 1. The summed E-state index contributed by atoms with van der Waals surface area (Å²) >= 11 is 0. The van der Waals surface area contributed by atoms with E-state index in [0.29, 0.717) is 12.6 Å². The van der Waals surface area contributed by atoms with Crippen LogP contribution in [0.25, 0.3) is 0 Å². The van der Waals surface area contributed by atoms with Crippen molar-refractivity contribution < 1.29 is 19.0 Å². The fraction of sp³-hybridized carbons (Fsp3) is 0.632. The number of hydrogen-bond acceptors (Lipinski definition) is 5. The Balaban J connectivity index is 1.45. The third-order valence-electron chi connectivity index (χ3n) is 5.63. The summed E-state index contributed by atoms with van der Waals surface area (Å²) in [7, 11) is 1.66. The largest absolute Gasteiger partial charge is 0.497 e. The molecule has 0 spiro atoms. The Hall–Kier alpha value is -1.63. The Morgan fingerprint density at radius 3 is 2.64 bits per heavy atom. The molecular weight excluding hydrogens is 320 g/mol. The van der Waals surface area contributed by atoms with E-state index >= 15 is 0 Å². The highest BCUT2D eigenvalue weighted by molar-refractivity contribution is 5.78. The molecular formula is C19H26N2O4. The summed E-state index contributed by atoms with van der Waals surface area (Å²) in [5.41, 5.74) is 1.12. The van der Waals surface area contributed by atoms with Crippen molar-refractivity contribution in [1.82, 2.24) is 9.80 Å². The van der Waals surface area contributed by atoms with E-state index in [2.05, 4.69) is 4.90 Å². The van der Waals surface area contributed by atoms with Gasteiger partial charge in [-0.15, -0.1) is 0 Å². The summed E-state index contributed by atoms with van der Waals surface area (Å²) in [6.45, 7) is 4.32. The molecule has 2 atom stereocenters. The Labute approximate surface area is 148 Å². The lowest BCUT2D eigenvalue weighted by Crippen LogP contribution is -2.53. The minimum Gasteiger partial charge on any atom is -0.497 e. The SMILES string of the molecule is COc1ccc(CN2C(=O)CO[C@H]3CN(C4CCOCC4)C[C@H]32)cc1. The number of ether oxygens (including phenoxy) is 3. The van der Waals surface area contributed by atoms with Crippen molar-refractivity contribution in [2.45, 2.75) is 37.6 Å². The zero-order valence-corrected chi connectivity index (χ0v) is 14.7. The summed E-state index contributed by atoms with van der Waals surface area (Å²) in [6.07, 6.45) is 2.27. The molecule has 3 aliphatic heterocycles. The minimum absolute atomic E-state index is 0.0888. The Kier molecular flexibility index (Phi) is 4.92. The molecule has 3 saturated heterocycles. The van der Waals surface area contributed by atoms with E-state index in [1.807, 2.05) is 29.2 Å². The van der Waals surface area contributed by atoms with Gasteiger partial charge in [0.1, 0.15) is 12.4 Å². The Morgan fingerprint density at radius 1 is 1.16 bits per heavy atom. The summed E-state index contributed by atoms with van der Waals surface area (Å²) in [6, 6.07) is 8.65. The third kappa shape index (κ3) is 3.52. The van der Waals surface area contributed by atoms with Gasteiger partial charge < -0.3 is 19.1 Å². The number of morpholine rings is 1. The molecule has 136 valence electrons. The van der Waals surface area contributed by atoms with Crippen LogP contribution in [-0.2, 0) is 20.8 Å². The second-order valence-corrected chi connectivity index (χ2v) is 7.08. The molecule has 0 unspecified atom stereocenters. The van der Waals surface area contributed by atoms with Gasteiger partial charge in [-0.3, -0.25) is 9.69 Å². The lowest BCUT2D eigenvalue weighted by molar-refractivity contribution is -0.153. The highest BCUT2D eigenvalue weighted by Crippen LogP contribution is 2.29. The number of nitrogens with zero attached hydrogens (tertiary/aromatic N) is 2. The second kappa shape index (κ2) is 7.32. The predicted molar refractivity (Wildman–Crippen MR) is 92.5 cm³/mol. The lowest BCUT2D eigenvalue weighted by Gasteiger charge is -2.37. The smallest absolute Gasteiger partial charge is 0.249 e. The van der Waals surface area contributed by atoms with Gasteiger partial charge in [-0.2, -0.15) is 0 Å². The molecule has 4 rings (SSSR count). The van der Waals surface area contributed by atoms with Crippen LogP contribution in [0.4, 0.5) is 0 Å². The standard InChI is InChI=1S/C19H26N2O4/c1-23-16-4-2-14(3-5-16)10-21-17-11-20(15-6-8-24-9-7-15)12-18(17)25-13-19(21)22/h2-5,15,17-18H,6-13H2,1H3/t17-,18+/m1/s1. The molecule has 0 aromatic heterocycles. The topological polar surface area (TPSA) is 51.2 Å². The fourth-order valence-electron chi connectivity index (χ4n) is 4.18. The second-order valence-electron chi connectivity index (χ2n) is 7.08. The van der Waals surface area contributed by atoms with Crippen LogP contribution in [0.5, 0.6) is 5.75 Å². The summed E-state index contributed by atoms with van der Waals surface area (Å²) in [5, 5.41) is 0. The molecule has 0 aliphatic carbocycles. The molecule has 3 heterocycles. The molecule has 3 aliphatic rings. The van der Waals surface area contributed by atoms with E-state index in [4.69, 9.17) is 14.2 Å². The van der Waals surface area contributed by atoms with Gasteiger partial charge in [0.2, 0.25) is 5.91 Å². The molecule has 3 fully saturated rings. The van der Waals surface area contributed by atoms with E-state index in [0.717, 1.165) is 50.5 Å². The van der Waals surface area contributed by atoms with Gasteiger partial charge in [-0.05, 0) is 30.5 Å². The van der Waals surface area contributed by atoms with E-state index in [1.54, 1.807) is 7.11 Å². The van der Waals surface area contributed by atoms with Crippen LogP contribution in [0.15, 0.2) is 24.3 Å². The number of amides is 1. The molecule has 1 aromatic rings. The molecule has 0 N–H and O–H groups in total. The van der Waals surface area contributed by atoms with Gasteiger partial charge in [-0.25, -0.2) is 0 Å². The van der Waals surface area contributed by atoms with Crippen molar-refractivity contribution in [3.8, 4) is 5.75 Å². The van der Waals surface area contributed by atoms with Gasteiger partial charge in [-0.1, -0.05) is 12.1 Å². The van der Waals surface area contributed by atoms with Crippen LogP contribution in [0.2, 0.25) is 0 Å². The average Bonchev–Trinajstić information content (AvgIpc) is 3.10. The quantitative estimate of drug-likeness (QED) is 0.822. The summed E-state index contributed by atoms with van der Waals surface area (Å²) in [4.78, 5) is 17.0. The van der Waals surface area contributed by atoms with E-state index < -0.39 is 0 Å². The molecule has 6 heteroatoms. The maximum absolute atomic E-state index is 12.5. The molecule has 6 nitrogen and oxygen atoms in total. The number of carbonyl (C=O) groups excluding carboxylic acids is 1. The van der Waals surface area contributed by atoms with Gasteiger partial charge in [0.15, 0.2) is 0 Å². The first kappa shape index (κ1) is 16.8. The number of hydrogen-bond donors (Lipinski definition) is 0. The fourth-order valence-corrected chi connectivity index (χ4v) is 4.18. The molecule has 25 heavy (non-hydrogen) atoms. The van der Waals surface area contributed by atoms with Crippen LogP contribution in [0, 0.1) is 0 Å². The number of benzene rings is 1. The molecule has 0 saturated carbocycles. The first-order valence-corrected chi connectivity index (χ1v) is 9.10. The lowest BCUT2D eigenvalue weighted by atomic mass is 10.1. The highest BCUT2D eigenvalue weighted by Gasteiger charge is 2.44. The molecule has 1 aromatic carbocycles. The molecule has 0 bridgehead atoms. The number of methoxy groups -OCH3 is 1. The first-order valence-electron chi connectivity index (χ1n) is 9.10. The van der Waals surface area contributed by atoms with Crippen LogP contribution in [0.3, 0.4) is 0 Å². The maximum Gasteiger partial charge on any atom is 0.249 e. The van der Waals surface area contributed by atoms with E-state index in [9.17, 15) is 4.79 Å². The summed E-state index contributed by atoms with van der Waals surface area (Å²) < 4.78 is 16.6. The number of fused-ring (bicyclic) bond motifs is 1. The predicted octanol–water partition coefficient (Wildman–Crippen LogP) is 1.29. The van der Waals surface area contributed by atoms with Gasteiger partial charge in [0.05, 0.1) is 19.3 Å². The number of carbonyl (C=O) groups is 1. The van der Waals surface area contributed by atoms with Gasteiger partial charge in [0.25, 0.3) is 0 Å². The van der Waals surface area contributed by atoms with Crippen LogP contribution >= 0.6 is 0 Å². The number of rotatable bonds is 4. The van der Waals surface area contributed by atoms with Crippen molar-refractivity contribution in [1.29, 1.82) is 0 Å². The van der Waals surface area contributed by atoms with E-state index in [-0.39, 0.29) is 24.7 Å². The summed E-state index contributed by atoms with van der Waals surface area (Å²) in [5.74, 6) is 0.924. The van der Waals surface area contributed by atoms with Crippen LogP contribution in [-0.4, -0.2) is 73.9 Å². The van der Waals surface area contributed by atoms with Crippen molar-refractivity contribution >= 4 is 5.91 Å². The minimum atomic E-state index is 0.0888. The highest BCUT2D eigenvalue weighted by atomic mass is 16.5. The monoisotopic (exact) mass is 346 g/mol. The Bertz CT molecular complexity index is 600. The van der Waals surface area contributed by atoms with Crippen molar-refractivity contribution in [2.24, 2.45) is 0 Å². The normalized spacial score (nSPS) is 28.2. The van der Waals surface area contributed by atoms with Crippen molar-refractivity contribution in [3.63, 3.8) is 0 Å². The zero-order chi connectivity index (χ0) is 17.2. The van der Waals surface area contributed by atoms with Gasteiger partial charge in [0, 0.05) is 38.9 Å². The van der Waals surface area contributed by atoms with Gasteiger partial charge >= 0.3 is 0 Å². The molecule has 1 amide bonds.